The standard InChI is InChI=1S/C17H29F2N3O.2ClH/c18-17(19)11-15(20-13-17)16(23)22-8-4-7-21(9-10-22)12-14-5-2-1-3-6-14;;/h14-15,20H,1-13H2;2*1H. The lowest BCUT2D eigenvalue weighted by Gasteiger charge is -2.29. The van der Waals surface area contributed by atoms with Gasteiger partial charge in [-0.15, -0.1) is 24.8 Å². The van der Waals surface area contributed by atoms with Crippen molar-refractivity contribution in [3.05, 3.63) is 0 Å². The highest BCUT2D eigenvalue weighted by Crippen LogP contribution is 2.27. The van der Waals surface area contributed by atoms with Gasteiger partial charge in [0.1, 0.15) is 0 Å². The molecular formula is C17H31Cl2F2N3O. The summed E-state index contributed by atoms with van der Waals surface area (Å²) in [6.07, 6.45) is 7.34. The maximum atomic E-state index is 13.3. The number of carbonyl (C=O) groups is 1. The van der Waals surface area contributed by atoms with Gasteiger partial charge in [0.05, 0.1) is 12.6 Å². The highest BCUT2D eigenvalue weighted by molar-refractivity contribution is 5.85. The van der Waals surface area contributed by atoms with E-state index < -0.39 is 12.0 Å². The molecule has 2 heterocycles. The lowest BCUT2D eigenvalue weighted by Crippen LogP contribution is -2.45. The molecule has 0 spiro atoms. The number of carbonyl (C=O) groups excluding carboxylic acids is 1. The lowest BCUT2D eigenvalue weighted by atomic mass is 9.89. The molecule has 1 aliphatic carbocycles. The zero-order chi connectivity index (χ0) is 16.3. The van der Waals surface area contributed by atoms with Crippen LogP contribution in [0.5, 0.6) is 0 Å². The maximum absolute atomic E-state index is 13.3. The number of nitrogens with zero attached hydrogens (tertiary/aromatic N) is 2. The van der Waals surface area contributed by atoms with Gasteiger partial charge in [0.2, 0.25) is 5.91 Å². The van der Waals surface area contributed by atoms with Crippen molar-refractivity contribution in [1.82, 2.24) is 15.1 Å². The summed E-state index contributed by atoms with van der Waals surface area (Å²) in [5, 5.41) is 2.69. The van der Waals surface area contributed by atoms with Crippen LogP contribution >= 0.6 is 24.8 Å². The minimum atomic E-state index is -2.74. The quantitative estimate of drug-likeness (QED) is 0.789. The SMILES string of the molecule is Cl.Cl.O=C(C1CC(F)(F)CN1)N1CCCN(CC2CCCCC2)CC1. The predicted molar refractivity (Wildman–Crippen MR) is 100 cm³/mol. The van der Waals surface area contributed by atoms with Crippen LogP contribution in [0, 0.1) is 5.92 Å². The molecule has 0 aromatic rings. The van der Waals surface area contributed by atoms with E-state index in [1.807, 2.05) is 0 Å². The molecule has 0 radical (unpaired) electrons. The molecule has 1 saturated carbocycles. The summed E-state index contributed by atoms with van der Waals surface area (Å²) < 4.78 is 26.6. The molecule has 0 bridgehead atoms. The fourth-order valence-corrected chi connectivity index (χ4v) is 4.22. The molecule has 3 aliphatic rings. The summed E-state index contributed by atoms with van der Waals surface area (Å²) in [6, 6.07) is -0.699. The van der Waals surface area contributed by atoms with Gasteiger partial charge in [-0.2, -0.15) is 0 Å². The highest BCUT2D eigenvalue weighted by atomic mass is 35.5. The number of halogens is 4. The number of rotatable bonds is 3. The summed E-state index contributed by atoms with van der Waals surface area (Å²) in [5.74, 6) is -2.07. The Hall–Kier alpha value is -0.170. The average molecular weight is 402 g/mol. The van der Waals surface area contributed by atoms with E-state index >= 15 is 0 Å². The lowest BCUT2D eigenvalue weighted by molar-refractivity contribution is -0.133. The topological polar surface area (TPSA) is 35.6 Å². The van der Waals surface area contributed by atoms with Crippen LogP contribution in [0.25, 0.3) is 0 Å². The fraction of sp³-hybridized carbons (Fsp3) is 0.941. The van der Waals surface area contributed by atoms with Crippen molar-refractivity contribution in [2.45, 2.75) is 56.9 Å². The van der Waals surface area contributed by atoms with Crippen molar-refractivity contribution >= 4 is 30.7 Å². The Balaban J connectivity index is 0.00000156. The van der Waals surface area contributed by atoms with Gasteiger partial charge in [0, 0.05) is 32.6 Å². The molecule has 4 nitrogen and oxygen atoms in total. The van der Waals surface area contributed by atoms with E-state index in [1.165, 1.54) is 32.1 Å². The van der Waals surface area contributed by atoms with Crippen LogP contribution in [0.2, 0.25) is 0 Å². The van der Waals surface area contributed by atoms with Crippen LogP contribution < -0.4 is 5.32 Å². The number of nitrogens with one attached hydrogen (secondary N) is 1. The zero-order valence-electron chi connectivity index (χ0n) is 14.7. The Morgan fingerprint density at radius 2 is 1.72 bits per heavy atom. The van der Waals surface area contributed by atoms with Crippen LogP contribution in [0.4, 0.5) is 8.78 Å². The van der Waals surface area contributed by atoms with Gasteiger partial charge in [-0.1, -0.05) is 19.3 Å². The summed E-state index contributed by atoms with van der Waals surface area (Å²) in [4.78, 5) is 16.7. The molecule has 1 N–H and O–H groups in total. The third-order valence-electron chi connectivity index (χ3n) is 5.55. The molecule has 0 aromatic carbocycles. The van der Waals surface area contributed by atoms with E-state index in [1.54, 1.807) is 4.90 Å². The largest absolute Gasteiger partial charge is 0.340 e. The van der Waals surface area contributed by atoms with Crippen molar-refractivity contribution in [2.75, 3.05) is 39.3 Å². The van der Waals surface area contributed by atoms with Crippen molar-refractivity contribution in [1.29, 1.82) is 0 Å². The third kappa shape index (κ3) is 6.49. The van der Waals surface area contributed by atoms with Gasteiger partial charge in [-0.3, -0.25) is 10.1 Å². The minimum absolute atomic E-state index is 0. The van der Waals surface area contributed by atoms with Gasteiger partial charge in [-0.25, -0.2) is 8.78 Å². The number of amides is 1. The van der Waals surface area contributed by atoms with Crippen LogP contribution in [-0.2, 0) is 4.79 Å². The summed E-state index contributed by atoms with van der Waals surface area (Å²) in [6.45, 7) is 4.05. The molecule has 148 valence electrons. The molecule has 0 aromatic heterocycles. The first kappa shape index (κ1) is 22.9. The first-order valence-electron chi connectivity index (χ1n) is 9.16. The van der Waals surface area contributed by atoms with E-state index in [-0.39, 0.29) is 43.7 Å². The van der Waals surface area contributed by atoms with Crippen LogP contribution in [0.15, 0.2) is 0 Å². The van der Waals surface area contributed by atoms with Crippen LogP contribution in [0.3, 0.4) is 0 Å². The molecule has 1 unspecified atom stereocenters. The number of alkyl halides is 2. The smallest absolute Gasteiger partial charge is 0.262 e. The normalized spacial score (nSPS) is 27.9. The van der Waals surface area contributed by atoms with Crippen molar-refractivity contribution in [3.8, 4) is 0 Å². The van der Waals surface area contributed by atoms with Gasteiger partial charge in [0.25, 0.3) is 5.92 Å². The number of hydrogen-bond acceptors (Lipinski definition) is 3. The second-order valence-electron chi connectivity index (χ2n) is 7.48. The summed E-state index contributed by atoms with van der Waals surface area (Å²) >= 11 is 0. The highest BCUT2D eigenvalue weighted by Gasteiger charge is 2.43. The van der Waals surface area contributed by atoms with Gasteiger partial charge >= 0.3 is 0 Å². The Morgan fingerprint density at radius 1 is 1.00 bits per heavy atom. The summed E-state index contributed by atoms with van der Waals surface area (Å²) in [7, 11) is 0. The van der Waals surface area contributed by atoms with Crippen molar-refractivity contribution < 1.29 is 13.6 Å². The average Bonchev–Trinajstić information content (AvgIpc) is 2.75. The predicted octanol–water partition coefficient (Wildman–Crippen LogP) is 2.94. The number of hydrogen-bond donors (Lipinski definition) is 1. The summed E-state index contributed by atoms with van der Waals surface area (Å²) in [5.41, 5.74) is 0. The molecule has 1 amide bonds. The molecule has 8 heteroatoms. The molecule has 2 saturated heterocycles. The van der Waals surface area contributed by atoms with E-state index in [2.05, 4.69) is 10.2 Å². The molecule has 25 heavy (non-hydrogen) atoms. The van der Waals surface area contributed by atoms with E-state index in [0.29, 0.717) is 13.1 Å². The third-order valence-corrected chi connectivity index (χ3v) is 5.55. The minimum Gasteiger partial charge on any atom is -0.340 e. The van der Waals surface area contributed by atoms with Gasteiger partial charge < -0.3 is 9.80 Å². The molecule has 1 atom stereocenters. The Kier molecular flexibility index (Phi) is 9.37. The second-order valence-corrected chi connectivity index (χ2v) is 7.48. The fourth-order valence-electron chi connectivity index (χ4n) is 4.22. The maximum Gasteiger partial charge on any atom is 0.262 e. The zero-order valence-corrected chi connectivity index (χ0v) is 16.4. The second kappa shape index (κ2) is 10.2. The van der Waals surface area contributed by atoms with Crippen LogP contribution in [0.1, 0.15) is 44.9 Å². The van der Waals surface area contributed by atoms with Gasteiger partial charge in [0.15, 0.2) is 0 Å². The van der Waals surface area contributed by atoms with E-state index in [0.717, 1.165) is 32.0 Å². The first-order chi connectivity index (χ1) is 11.0. The van der Waals surface area contributed by atoms with Crippen molar-refractivity contribution in [2.24, 2.45) is 5.92 Å². The Bertz CT molecular complexity index is 423. The van der Waals surface area contributed by atoms with E-state index in [9.17, 15) is 13.6 Å². The van der Waals surface area contributed by atoms with Crippen molar-refractivity contribution in [3.63, 3.8) is 0 Å². The van der Waals surface area contributed by atoms with Gasteiger partial charge in [-0.05, 0) is 31.7 Å². The van der Waals surface area contributed by atoms with E-state index in [4.69, 9.17) is 0 Å². The Labute approximate surface area is 161 Å². The molecule has 2 aliphatic heterocycles. The molecule has 3 fully saturated rings. The first-order valence-corrected chi connectivity index (χ1v) is 9.16. The molecule has 3 rings (SSSR count). The molecular weight excluding hydrogens is 371 g/mol. The Morgan fingerprint density at radius 3 is 2.36 bits per heavy atom. The van der Waals surface area contributed by atoms with Crippen LogP contribution in [-0.4, -0.2) is 66.9 Å². The monoisotopic (exact) mass is 401 g/mol.